The van der Waals surface area contributed by atoms with Crippen molar-refractivity contribution in [3.8, 4) is 0 Å². The smallest absolute Gasteiger partial charge is 0.00901 e. The molecule has 0 aromatic carbocycles. The van der Waals surface area contributed by atoms with Crippen molar-refractivity contribution in [2.75, 3.05) is 6.54 Å². The highest BCUT2D eigenvalue weighted by Crippen LogP contribution is 2.38. The maximum absolute atomic E-state index is 5.76. The van der Waals surface area contributed by atoms with Gasteiger partial charge in [0.25, 0.3) is 0 Å². The molecule has 0 saturated heterocycles. The lowest BCUT2D eigenvalue weighted by Crippen LogP contribution is -2.23. The van der Waals surface area contributed by atoms with Crippen LogP contribution in [0.3, 0.4) is 0 Å². The van der Waals surface area contributed by atoms with Gasteiger partial charge in [-0.25, -0.2) is 0 Å². The molecule has 0 spiro atoms. The third-order valence-electron chi connectivity index (χ3n) is 3.22. The molecule has 3 unspecified atom stereocenters. The molecular formula is C11H23NS. The number of thioether (sulfide) groups is 1. The second-order valence-corrected chi connectivity index (χ2v) is 6.17. The molecule has 0 radical (unpaired) electrons. The van der Waals surface area contributed by atoms with E-state index in [0.717, 1.165) is 28.9 Å². The Labute approximate surface area is 86.8 Å². The molecule has 1 rings (SSSR count). The summed E-state index contributed by atoms with van der Waals surface area (Å²) in [6.45, 7) is 7.86. The number of hydrogen-bond donors (Lipinski definition) is 1. The van der Waals surface area contributed by atoms with Crippen molar-refractivity contribution in [2.45, 2.75) is 50.5 Å². The van der Waals surface area contributed by atoms with Crippen molar-refractivity contribution >= 4 is 11.8 Å². The van der Waals surface area contributed by atoms with Crippen LogP contribution in [-0.2, 0) is 0 Å². The monoisotopic (exact) mass is 201 g/mol. The summed E-state index contributed by atoms with van der Waals surface area (Å²) in [5.74, 6) is 1.59. The van der Waals surface area contributed by atoms with Gasteiger partial charge in [-0.3, -0.25) is 0 Å². The zero-order valence-electron chi connectivity index (χ0n) is 9.12. The fourth-order valence-corrected chi connectivity index (χ4v) is 3.52. The molecule has 1 aliphatic rings. The molecule has 1 fully saturated rings. The summed E-state index contributed by atoms with van der Waals surface area (Å²) in [5, 5.41) is 1.64. The maximum atomic E-state index is 5.76. The predicted octanol–water partition coefficient (Wildman–Crippen LogP) is 2.89. The molecular weight excluding hydrogens is 178 g/mol. The SMILES string of the molecule is CC(C)C(C)SC1CCCC1CN. The van der Waals surface area contributed by atoms with Crippen LogP contribution in [0.15, 0.2) is 0 Å². The van der Waals surface area contributed by atoms with Crippen LogP contribution in [0.1, 0.15) is 40.0 Å². The topological polar surface area (TPSA) is 26.0 Å². The second-order valence-electron chi connectivity index (χ2n) is 4.55. The van der Waals surface area contributed by atoms with Crippen LogP contribution < -0.4 is 5.73 Å². The fourth-order valence-electron chi connectivity index (χ4n) is 1.88. The molecule has 0 heterocycles. The summed E-state index contributed by atoms with van der Waals surface area (Å²) in [6.07, 6.45) is 4.15. The Morgan fingerprint density at radius 2 is 2.00 bits per heavy atom. The summed E-state index contributed by atoms with van der Waals surface area (Å²) in [6, 6.07) is 0. The quantitative estimate of drug-likeness (QED) is 0.757. The number of hydrogen-bond acceptors (Lipinski definition) is 2. The fraction of sp³-hybridized carbons (Fsp3) is 1.00. The van der Waals surface area contributed by atoms with Crippen LogP contribution >= 0.6 is 11.8 Å². The van der Waals surface area contributed by atoms with Gasteiger partial charge in [0.15, 0.2) is 0 Å². The van der Waals surface area contributed by atoms with Crippen LogP contribution in [0.2, 0.25) is 0 Å². The van der Waals surface area contributed by atoms with Gasteiger partial charge in [0.05, 0.1) is 0 Å². The molecule has 0 amide bonds. The van der Waals surface area contributed by atoms with Gasteiger partial charge in [0, 0.05) is 10.5 Å². The third kappa shape index (κ3) is 3.17. The molecule has 13 heavy (non-hydrogen) atoms. The van der Waals surface area contributed by atoms with E-state index >= 15 is 0 Å². The van der Waals surface area contributed by atoms with Crippen LogP contribution in [0.4, 0.5) is 0 Å². The van der Waals surface area contributed by atoms with Gasteiger partial charge < -0.3 is 5.73 Å². The van der Waals surface area contributed by atoms with E-state index in [1.54, 1.807) is 0 Å². The number of rotatable bonds is 4. The average Bonchev–Trinajstić information content (AvgIpc) is 2.51. The first-order valence-electron chi connectivity index (χ1n) is 5.50. The zero-order valence-corrected chi connectivity index (χ0v) is 9.94. The molecule has 0 aliphatic heterocycles. The summed E-state index contributed by atoms with van der Waals surface area (Å²) in [7, 11) is 0. The van der Waals surface area contributed by atoms with Crippen LogP contribution in [0.25, 0.3) is 0 Å². The second kappa shape index (κ2) is 5.26. The van der Waals surface area contributed by atoms with Crippen LogP contribution in [-0.4, -0.2) is 17.0 Å². The normalized spacial score (nSPS) is 31.2. The number of nitrogens with two attached hydrogens (primary N) is 1. The van der Waals surface area contributed by atoms with Crippen molar-refractivity contribution in [2.24, 2.45) is 17.6 Å². The van der Waals surface area contributed by atoms with E-state index in [-0.39, 0.29) is 0 Å². The highest BCUT2D eigenvalue weighted by atomic mass is 32.2. The molecule has 0 bridgehead atoms. The molecule has 2 N–H and O–H groups in total. The van der Waals surface area contributed by atoms with Gasteiger partial charge >= 0.3 is 0 Å². The molecule has 78 valence electrons. The van der Waals surface area contributed by atoms with Gasteiger partial charge in [0.1, 0.15) is 0 Å². The zero-order chi connectivity index (χ0) is 9.84. The highest BCUT2D eigenvalue weighted by Gasteiger charge is 2.28. The Bertz CT molecular complexity index is 147. The van der Waals surface area contributed by atoms with Crippen molar-refractivity contribution in [3.05, 3.63) is 0 Å². The molecule has 2 heteroatoms. The van der Waals surface area contributed by atoms with E-state index in [1.165, 1.54) is 19.3 Å². The summed E-state index contributed by atoms with van der Waals surface area (Å²) >= 11 is 2.17. The van der Waals surface area contributed by atoms with Crippen LogP contribution in [0, 0.1) is 11.8 Å². The Hall–Kier alpha value is 0.310. The Balaban J connectivity index is 2.34. The Morgan fingerprint density at radius 1 is 1.31 bits per heavy atom. The Kier molecular flexibility index (Phi) is 4.60. The minimum Gasteiger partial charge on any atom is -0.330 e. The Morgan fingerprint density at radius 3 is 2.54 bits per heavy atom. The van der Waals surface area contributed by atoms with E-state index in [2.05, 4.69) is 32.5 Å². The van der Waals surface area contributed by atoms with Gasteiger partial charge in [-0.15, -0.1) is 0 Å². The molecule has 0 aromatic rings. The first-order chi connectivity index (χ1) is 6.15. The van der Waals surface area contributed by atoms with Gasteiger partial charge in [-0.2, -0.15) is 11.8 Å². The lowest BCUT2D eigenvalue weighted by atomic mass is 10.1. The minimum absolute atomic E-state index is 0.789. The van der Waals surface area contributed by atoms with E-state index in [0.29, 0.717) is 0 Å². The van der Waals surface area contributed by atoms with E-state index < -0.39 is 0 Å². The molecule has 0 aromatic heterocycles. The largest absolute Gasteiger partial charge is 0.330 e. The third-order valence-corrected chi connectivity index (χ3v) is 5.16. The van der Waals surface area contributed by atoms with Crippen molar-refractivity contribution in [1.29, 1.82) is 0 Å². The van der Waals surface area contributed by atoms with Gasteiger partial charge in [-0.05, 0) is 31.2 Å². The first kappa shape index (κ1) is 11.4. The lowest BCUT2D eigenvalue weighted by molar-refractivity contribution is 0.565. The van der Waals surface area contributed by atoms with Crippen LogP contribution in [0.5, 0.6) is 0 Å². The van der Waals surface area contributed by atoms with Crippen molar-refractivity contribution < 1.29 is 0 Å². The first-order valence-corrected chi connectivity index (χ1v) is 6.45. The van der Waals surface area contributed by atoms with E-state index in [4.69, 9.17) is 5.73 Å². The van der Waals surface area contributed by atoms with E-state index in [9.17, 15) is 0 Å². The predicted molar refractivity (Wildman–Crippen MR) is 62.1 cm³/mol. The summed E-state index contributed by atoms with van der Waals surface area (Å²) < 4.78 is 0. The maximum Gasteiger partial charge on any atom is 0.00901 e. The van der Waals surface area contributed by atoms with E-state index in [1.807, 2.05) is 0 Å². The minimum atomic E-state index is 0.789. The lowest BCUT2D eigenvalue weighted by Gasteiger charge is -2.23. The standard InChI is InChI=1S/C11H23NS/c1-8(2)9(3)13-11-6-4-5-10(11)7-12/h8-11H,4-7,12H2,1-3H3. The van der Waals surface area contributed by atoms with Gasteiger partial charge in [-0.1, -0.05) is 27.2 Å². The van der Waals surface area contributed by atoms with Crippen molar-refractivity contribution in [3.63, 3.8) is 0 Å². The molecule has 1 nitrogen and oxygen atoms in total. The van der Waals surface area contributed by atoms with Gasteiger partial charge in [0.2, 0.25) is 0 Å². The summed E-state index contributed by atoms with van der Waals surface area (Å²) in [5.41, 5.74) is 5.76. The molecule has 1 saturated carbocycles. The molecule has 3 atom stereocenters. The highest BCUT2D eigenvalue weighted by molar-refractivity contribution is 8.00. The molecule has 1 aliphatic carbocycles. The van der Waals surface area contributed by atoms with Crippen molar-refractivity contribution in [1.82, 2.24) is 0 Å². The summed E-state index contributed by atoms with van der Waals surface area (Å²) in [4.78, 5) is 0. The average molecular weight is 201 g/mol.